The van der Waals surface area contributed by atoms with Crippen LogP contribution in [0.4, 0.5) is 0 Å². The lowest BCUT2D eigenvalue weighted by Crippen LogP contribution is -2.29. The molecule has 0 spiro atoms. The van der Waals surface area contributed by atoms with Crippen molar-refractivity contribution in [3.05, 3.63) is 30.3 Å². The highest BCUT2D eigenvalue weighted by Gasteiger charge is 2.29. The van der Waals surface area contributed by atoms with Crippen LogP contribution in [0.5, 0.6) is 5.75 Å². The van der Waals surface area contributed by atoms with Gasteiger partial charge in [0.05, 0.1) is 5.41 Å². The van der Waals surface area contributed by atoms with Crippen LogP contribution in [-0.4, -0.2) is 5.97 Å². The molecule has 0 radical (unpaired) electrons. The molecule has 2 nitrogen and oxygen atoms in total. The zero-order chi connectivity index (χ0) is 13.4. The lowest BCUT2D eigenvalue weighted by atomic mass is 9.87. The zero-order valence-corrected chi connectivity index (χ0v) is 11.7. The molecule has 0 aliphatic heterocycles. The number of unbranched alkanes of at least 4 members (excludes halogenated alkanes) is 3. The van der Waals surface area contributed by atoms with Crippen LogP contribution >= 0.6 is 0 Å². The van der Waals surface area contributed by atoms with Crippen LogP contribution in [0.15, 0.2) is 30.3 Å². The minimum atomic E-state index is -0.399. The number of carbonyl (C=O) groups is 1. The standard InChI is InChI=1S/C16H24O2/c1-4-5-6-10-13-16(2,3)15(17)18-14-11-8-7-9-12-14/h7-9,11-12H,4-6,10,13H2,1-3H3. The van der Waals surface area contributed by atoms with Crippen LogP contribution in [0.25, 0.3) is 0 Å². The van der Waals surface area contributed by atoms with Crippen molar-refractivity contribution in [2.75, 3.05) is 0 Å². The molecule has 1 rings (SSSR count). The first kappa shape index (κ1) is 14.7. The number of ether oxygens (including phenoxy) is 1. The molecule has 100 valence electrons. The van der Waals surface area contributed by atoms with Crippen molar-refractivity contribution < 1.29 is 9.53 Å². The third-order valence-electron chi connectivity index (χ3n) is 3.16. The van der Waals surface area contributed by atoms with E-state index in [9.17, 15) is 4.79 Å². The summed E-state index contributed by atoms with van der Waals surface area (Å²) in [4.78, 5) is 12.1. The van der Waals surface area contributed by atoms with E-state index in [4.69, 9.17) is 4.74 Å². The topological polar surface area (TPSA) is 26.3 Å². The first-order chi connectivity index (χ1) is 8.56. The van der Waals surface area contributed by atoms with E-state index in [1.807, 2.05) is 44.2 Å². The quantitative estimate of drug-likeness (QED) is 0.401. The van der Waals surface area contributed by atoms with Crippen LogP contribution in [0.2, 0.25) is 0 Å². The summed E-state index contributed by atoms with van der Waals surface area (Å²) in [7, 11) is 0. The van der Waals surface area contributed by atoms with Crippen molar-refractivity contribution in [3.8, 4) is 5.75 Å². The SMILES string of the molecule is CCCCCCC(C)(C)C(=O)Oc1ccccc1. The molecule has 1 aromatic rings. The second-order valence-electron chi connectivity index (χ2n) is 5.40. The van der Waals surface area contributed by atoms with E-state index in [-0.39, 0.29) is 5.97 Å². The Bertz CT molecular complexity index is 355. The van der Waals surface area contributed by atoms with Gasteiger partial charge in [0, 0.05) is 0 Å². The molecule has 0 aliphatic carbocycles. The van der Waals surface area contributed by atoms with Gasteiger partial charge in [-0.15, -0.1) is 0 Å². The Kier molecular flexibility index (Phi) is 5.90. The van der Waals surface area contributed by atoms with Gasteiger partial charge in [-0.1, -0.05) is 50.8 Å². The molecule has 0 atom stereocenters. The molecule has 0 fully saturated rings. The molecular weight excluding hydrogens is 224 g/mol. The Hall–Kier alpha value is -1.31. The van der Waals surface area contributed by atoms with Crippen molar-refractivity contribution in [1.29, 1.82) is 0 Å². The Labute approximate surface area is 110 Å². The van der Waals surface area contributed by atoms with E-state index in [1.54, 1.807) is 0 Å². The van der Waals surface area contributed by atoms with E-state index >= 15 is 0 Å². The molecule has 0 heterocycles. The third-order valence-corrected chi connectivity index (χ3v) is 3.16. The summed E-state index contributed by atoms with van der Waals surface area (Å²) in [6.07, 6.45) is 5.63. The molecular formula is C16H24O2. The smallest absolute Gasteiger partial charge is 0.316 e. The van der Waals surface area contributed by atoms with E-state index in [0.717, 1.165) is 12.8 Å². The average Bonchev–Trinajstić information content (AvgIpc) is 2.36. The summed E-state index contributed by atoms with van der Waals surface area (Å²) in [5.74, 6) is 0.495. The second-order valence-corrected chi connectivity index (χ2v) is 5.40. The fraction of sp³-hybridized carbons (Fsp3) is 0.562. The van der Waals surface area contributed by atoms with Crippen LogP contribution < -0.4 is 4.74 Å². The molecule has 0 saturated carbocycles. The van der Waals surface area contributed by atoms with Crippen molar-refractivity contribution in [2.24, 2.45) is 5.41 Å². The summed E-state index contributed by atoms with van der Waals surface area (Å²) < 4.78 is 5.40. The molecule has 0 amide bonds. The van der Waals surface area contributed by atoms with Crippen LogP contribution in [0.3, 0.4) is 0 Å². The summed E-state index contributed by atoms with van der Waals surface area (Å²) >= 11 is 0. The Morgan fingerprint density at radius 2 is 1.78 bits per heavy atom. The van der Waals surface area contributed by atoms with Gasteiger partial charge < -0.3 is 4.74 Å². The molecule has 18 heavy (non-hydrogen) atoms. The molecule has 0 aliphatic rings. The Morgan fingerprint density at radius 3 is 2.39 bits per heavy atom. The molecule has 0 bridgehead atoms. The minimum absolute atomic E-state index is 0.134. The predicted molar refractivity (Wildman–Crippen MR) is 74.6 cm³/mol. The van der Waals surface area contributed by atoms with E-state index < -0.39 is 5.41 Å². The van der Waals surface area contributed by atoms with Gasteiger partial charge in [-0.3, -0.25) is 4.79 Å². The predicted octanol–water partition coefficient (Wildman–Crippen LogP) is 4.59. The van der Waals surface area contributed by atoms with Crippen molar-refractivity contribution in [2.45, 2.75) is 52.9 Å². The minimum Gasteiger partial charge on any atom is -0.426 e. The number of esters is 1. The number of para-hydroxylation sites is 1. The summed E-state index contributed by atoms with van der Waals surface area (Å²) in [6.45, 7) is 6.11. The van der Waals surface area contributed by atoms with Gasteiger partial charge in [0.2, 0.25) is 0 Å². The summed E-state index contributed by atoms with van der Waals surface area (Å²) in [5.41, 5.74) is -0.399. The van der Waals surface area contributed by atoms with Gasteiger partial charge in [0.25, 0.3) is 0 Å². The number of benzene rings is 1. The molecule has 0 N–H and O–H groups in total. The fourth-order valence-corrected chi connectivity index (χ4v) is 1.83. The van der Waals surface area contributed by atoms with E-state index in [2.05, 4.69) is 6.92 Å². The first-order valence-electron chi connectivity index (χ1n) is 6.83. The monoisotopic (exact) mass is 248 g/mol. The molecule has 0 unspecified atom stereocenters. The van der Waals surface area contributed by atoms with E-state index in [0.29, 0.717) is 5.75 Å². The zero-order valence-electron chi connectivity index (χ0n) is 11.7. The molecule has 1 aromatic carbocycles. The fourth-order valence-electron chi connectivity index (χ4n) is 1.83. The second kappa shape index (κ2) is 7.20. The maximum atomic E-state index is 12.1. The summed E-state index contributed by atoms with van der Waals surface area (Å²) in [5, 5.41) is 0. The van der Waals surface area contributed by atoms with Crippen LogP contribution in [0, 0.1) is 5.41 Å². The molecule has 2 heteroatoms. The first-order valence-corrected chi connectivity index (χ1v) is 6.83. The van der Waals surface area contributed by atoms with Gasteiger partial charge in [-0.2, -0.15) is 0 Å². The highest BCUT2D eigenvalue weighted by molar-refractivity contribution is 5.78. The number of rotatable bonds is 7. The molecule has 0 saturated heterocycles. The van der Waals surface area contributed by atoms with Gasteiger partial charge in [0.15, 0.2) is 0 Å². The van der Waals surface area contributed by atoms with Crippen molar-refractivity contribution >= 4 is 5.97 Å². The lowest BCUT2D eigenvalue weighted by Gasteiger charge is -2.22. The largest absolute Gasteiger partial charge is 0.426 e. The normalized spacial score (nSPS) is 11.3. The van der Waals surface area contributed by atoms with Crippen LogP contribution in [-0.2, 0) is 4.79 Å². The highest BCUT2D eigenvalue weighted by Crippen LogP contribution is 2.26. The lowest BCUT2D eigenvalue weighted by molar-refractivity contribution is -0.144. The number of hydrogen-bond acceptors (Lipinski definition) is 2. The maximum Gasteiger partial charge on any atom is 0.316 e. The van der Waals surface area contributed by atoms with E-state index in [1.165, 1.54) is 19.3 Å². The van der Waals surface area contributed by atoms with Crippen LogP contribution in [0.1, 0.15) is 52.9 Å². The Balaban J connectivity index is 2.44. The van der Waals surface area contributed by atoms with Crippen molar-refractivity contribution in [3.63, 3.8) is 0 Å². The van der Waals surface area contributed by atoms with Gasteiger partial charge >= 0.3 is 5.97 Å². The maximum absolute atomic E-state index is 12.1. The number of carbonyl (C=O) groups excluding carboxylic acids is 1. The van der Waals surface area contributed by atoms with Gasteiger partial charge in [0.1, 0.15) is 5.75 Å². The molecule has 0 aromatic heterocycles. The van der Waals surface area contributed by atoms with Crippen molar-refractivity contribution in [1.82, 2.24) is 0 Å². The average molecular weight is 248 g/mol. The third kappa shape index (κ3) is 4.91. The van der Waals surface area contributed by atoms with Gasteiger partial charge in [-0.05, 0) is 32.4 Å². The van der Waals surface area contributed by atoms with Gasteiger partial charge in [-0.25, -0.2) is 0 Å². The number of hydrogen-bond donors (Lipinski definition) is 0. The Morgan fingerprint density at radius 1 is 1.11 bits per heavy atom. The summed E-state index contributed by atoms with van der Waals surface area (Å²) in [6, 6.07) is 9.27. The highest BCUT2D eigenvalue weighted by atomic mass is 16.5.